The lowest BCUT2D eigenvalue weighted by Crippen LogP contribution is -2.11. The molecule has 0 unspecified atom stereocenters. The van der Waals surface area contributed by atoms with Gasteiger partial charge in [0.25, 0.3) is 0 Å². The number of rotatable bonds is 5. The van der Waals surface area contributed by atoms with Crippen LogP contribution in [-0.2, 0) is 4.79 Å². The smallest absolute Gasteiger partial charge is 0.231 e. The molecule has 0 aromatic heterocycles. The average Bonchev–Trinajstić information content (AvgIpc) is 3.14. The van der Waals surface area contributed by atoms with E-state index >= 15 is 0 Å². The van der Waals surface area contributed by atoms with E-state index in [4.69, 9.17) is 9.47 Å². The molecule has 2 N–H and O–H groups in total. The number of allylic oxidation sites excluding steroid dienone is 1. The molecule has 0 spiro atoms. The van der Waals surface area contributed by atoms with Crippen LogP contribution in [0.3, 0.4) is 0 Å². The van der Waals surface area contributed by atoms with Gasteiger partial charge >= 0.3 is 0 Å². The van der Waals surface area contributed by atoms with Crippen LogP contribution in [0.1, 0.15) is 30.1 Å². The second-order valence-corrected chi connectivity index (χ2v) is 5.07. The van der Waals surface area contributed by atoms with E-state index in [9.17, 15) is 9.59 Å². The fourth-order valence-corrected chi connectivity index (χ4v) is 2.04. The second-order valence-electron chi connectivity index (χ2n) is 5.07. The van der Waals surface area contributed by atoms with E-state index in [2.05, 4.69) is 10.6 Å². The molecular weight excluding hydrogens is 272 g/mol. The maximum atomic E-state index is 12.3. The second kappa shape index (κ2) is 5.47. The summed E-state index contributed by atoms with van der Waals surface area (Å²) >= 11 is 0. The van der Waals surface area contributed by atoms with Gasteiger partial charge in [0, 0.05) is 36.9 Å². The fourth-order valence-electron chi connectivity index (χ4n) is 2.04. The van der Waals surface area contributed by atoms with E-state index in [-0.39, 0.29) is 18.5 Å². The van der Waals surface area contributed by atoms with E-state index in [0.717, 1.165) is 12.8 Å². The molecule has 1 aliphatic heterocycles. The van der Waals surface area contributed by atoms with Gasteiger partial charge < -0.3 is 20.1 Å². The van der Waals surface area contributed by atoms with Crippen LogP contribution in [0.5, 0.6) is 11.5 Å². The number of amides is 1. The third kappa shape index (κ3) is 3.16. The van der Waals surface area contributed by atoms with Gasteiger partial charge in [0.15, 0.2) is 17.3 Å². The van der Waals surface area contributed by atoms with E-state index in [1.807, 2.05) is 0 Å². The Morgan fingerprint density at radius 2 is 1.95 bits per heavy atom. The molecule has 1 aromatic rings. The van der Waals surface area contributed by atoms with E-state index in [1.165, 1.54) is 13.0 Å². The minimum Gasteiger partial charge on any atom is -0.454 e. The molecular formula is C15H16N2O4. The van der Waals surface area contributed by atoms with Crippen molar-refractivity contribution in [3.63, 3.8) is 0 Å². The van der Waals surface area contributed by atoms with Crippen LogP contribution in [0.2, 0.25) is 0 Å². The summed E-state index contributed by atoms with van der Waals surface area (Å²) in [6.07, 6.45) is 5.39. The first-order chi connectivity index (χ1) is 10.1. The number of anilines is 1. The maximum absolute atomic E-state index is 12.3. The van der Waals surface area contributed by atoms with Crippen molar-refractivity contribution in [1.29, 1.82) is 0 Å². The lowest BCUT2D eigenvalue weighted by Gasteiger charge is -2.09. The van der Waals surface area contributed by atoms with Crippen LogP contribution in [0.25, 0.3) is 0 Å². The van der Waals surface area contributed by atoms with Gasteiger partial charge in [-0.3, -0.25) is 9.59 Å². The first-order valence-corrected chi connectivity index (χ1v) is 6.81. The molecule has 1 aliphatic carbocycles. The maximum Gasteiger partial charge on any atom is 0.231 e. The van der Waals surface area contributed by atoms with Crippen LogP contribution in [0.15, 0.2) is 24.4 Å². The number of hydrogen-bond donors (Lipinski definition) is 2. The average molecular weight is 288 g/mol. The third-order valence-corrected chi connectivity index (χ3v) is 3.23. The molecule has 0 atom stereocenters. The highest BCUT2D eigenvalue weighted by atomic mass is 16.7. The minimum absolute atomic E-state index is 0.117. The lowest BCUT2D eigenvalue weighted by molar-refractivity contribution is -0.114. The molecule has 6 nitrogen and oxygen atoms in total. The van der Waals surface area contributed by atoms with Crippen molar-refractivity contribution in [3.05, 3.63) is 30.0 Å². The van der Waals surface area contributed by atoms with Crippen LogP contribution >= 0.6 is 0 Å². The Kier molecular flexibility index (Phi) is 3.51. The van der Waals surface area contributed by atoms with Crippen LogP contribution in [0.4, 0.5) is 5.69 Å². The number of benzene rings is 1. The van der Waals surface area contributed by atoms with Crippen molar-refractivity contribution < 1.29 is 19.1 Å². The molecule has 1 saturated carbocycles. The summed E-state index contributed by atoms with van der Waals surface area (Å²) in [5, 5.41) is 5.77. The molecule has 3 rings (SSSR count). The first kappa shape index (κ1) is 13.5. The van der Waals surface area contributed by atoms with Crippen molar-refractivity contribution >= 4 is 17.4 Å². The third-order valence-electron chi connectivity index (χ3n) is 3.23. The SMILES string of the molecule is CC(=O)Nc1cc2c(cc1C(=O)C=CNC1CC1)OCO2. The van der Waals surface area contributed by atoms with Crippen molar-refractivity contribution in [2.75, 3.05) is 12.1 Å². The molecule has 0 radical (unpaired) electrons. The molecule has 0 saturated heterocycles. The van der Waals surface area contributed by atoms with E-state index in [1.54, 1.807) is 18.3 Å². The van der Waals surface area contributed by atoms with Gasteiger partial charge in [-0.15, -0.1) is 0 Å². The summed E-state index contributed by atoms with van der Waals surface area (Å²) in [5.41, 5.74) is 0.802. The van der Waals surface area contributed by atoms with Crippen LogP contribution in [0, 0.1) is 0 Å². The quantitative estimate of drug-likeness (QED) is 0.638. The van der Waals surface area contributed by atoms with Gasteiger partial charge in [0.05, 0.1) is 5.69 Å². The monoisotopic (exact) mass is 288 g/mol. The van der Waals surface area contributed by atoms with Gasteiger partial charge in [-0.1, -0.05) is 0 Å². The van der Waals surface area contributed by atoms with E-state index in [0.29, 0.717) is 28.8 Å². The lowest BCUT2D eigenvalue weighted by atomic mass is 10.1. The Morgan fingerprint density at radius 3 is 2.62 bits per heavy atom. The molecule has 1 heterocycles. The van der Waals surface area contributed by atoms with Crippen LogP contribution < -0.4 is 20.1 Å². The Labute approximate surface area is 122 Å². The topological polar surface area (TPSA) is 76.7 Å². The highest BCUT2D eigenvalue weighted by Gasteiger charge is 2.21. The Morgan fingerprint density at radius 1 is 1.24 bits per heavy atom. The summed E-state index contributed by atoms with van der Waals surface area (Å²) in [6.45, 7) is 1.51. The van der Waals surface area contributed by atoms with Crippen molar-refractivity contribution in [1.82, 2.24) is 5.32 Å². The van der Waals surface area contributed by atoms with Crippen molar-refractivity contribution in [2.24, 2.45) is 0 Å². The summed E-state index contributed by atoms with van der Waals surface area (Å²) in [4.78, 5) is 23.5. The van der Waals surface area contributed by atoms with Crippen molar-refractivity contribution in [3.8, 4) is 11.5 Å². The summed E-state index contributed by atoms with van der Waals surface area (Å²) in [5.74, 6) is 0.583. The molecule has 0 bridgehead atoms. The van der Waals surface area contributed by atoms with Crippen LogP contribution in [-0.4, -0.2) is 24.5 Å². The number of fused-ring (bicyclic) bond motifs is 1. The summed E-state index contributed by atoms with van der Waals surface area (Å²) in [6, 6.07) is 3.69. The number of nitrogens with one attached hydrogen (secondary N) is 2. The minimum atomic E-state index is -0.247. The predicted molar refractivity (Wildman–Crippen MR) is 76.5 cm³/mol. The van der Waals surface area contributed by atoms with Crippen molar-refractivity contribution in [2.45, 2.75) is 25.8 Å². The number of ether oxygens (including phenoxy) is 2. The molecule has 6 heteroatoms. The molecule has 21 heavy (non-hydrogen) atoms. The van der Waals surface area contributed by atoms with Gasteiger partial charge in [0.1, 0.15) is 0 Å². The summed E-state index contributed by atoms with van der Waals surface area (Å²) < 4.78 is 10.5. The standard InChI is InChI=1S/C15H16N2O4/c1-9(18)17-12-7-15-14(20-8-21-15)6-11(12)13(19)4-5-16-10-2-3-10/h4-7,10,16H,2-3,8H2,1H3,(H,17,18). The van der Waals surface area contributed by atoms with E-state index < -0.39 is 0 Å². The number of carbonyl (C=O) groups is 2. The van der Waals surface area contributed by atoms with Gasteiger partial charge in [-0.2, -0.15) is 0 Å². The zero-order valence-electron chi connectivity index (χ0n) is 11.6. The predicted octanol–water partition coefficient (Wildman–Crippen LogP) is 1.82. The molecule has 2 aliphatic rings. The Bertz CT molecular complexity index is 620. The highest BCUT2D eigenvalue weighted by molar-refractivity contribution is 6.11. The largest absolute Gasteiger partial charge is 0.454 e. The molecule has 110 valence electrons. The number of ketones is 1. The number of carbonyl (C=O) groups excluding carboxylic acids is 2. The zero-order valence-corrected chi connectivity index (χ0v) is 11.6. The van der Waals surface area contributed by atoms with Gasteiger partial charge in [-0.05, 0) is 18.9 Å². The molecule has 1 fully saturated rings. The first-order valence-electron chi connectivity index (χ1n) is 6.81. The van der Waals surface area contributed by atoms with Gasteiger partial charge in [-0.25, -0.2) is 0 Å². The molecule has 1 amide bonds. The molecule has 1 aromatic carbocycles. The Hall–Kier alpha value is -2.50. The highest BCUT2D eigenvalue weighted by Crippen LogP contribution is 2.37. The zero-order chi connectivity index (χ0) is 14.8. The normalized spacial score (nSPS) is 16.0. The van der Waals surface area contributed by atoms with Gasteiger partial charge in [0.2, 0.25) is 12.7 Å². The number of hydrogen-bond acceptors (Lipinski definition) is 5. The Balaban J connectivity index is 1.85. The fraction of sp³-hybridized carbons (Fsp3) is 0.333. The summed E-state index contributed by atoms with van der Waals surface area (Å²) in [7, 11) is 0.